The second-order valence-electron chi connectivity index (χ2n) is 5.41. The fraction of sp³-hybridized carbons (Fsp3) is 0.571. The Balaban J connectivity index is 2.36. The van der Waals surface area contributed by atoms with Crippen LogP contribution in [-0.4, -0.2) is 26.0 Å². The summed E-state index contributed by atoms with van der Waals surface area (Å²) in [7, 11) is -3.50. The van der Waals surface area contributed by atoms with Crippen LogP contribution in [-0.2, 0) is 10.0 Å². The third kappa shape index (κ3) is 3.13. The van der Waals surface area contributed by atoms with Gasteiger partial charge in [-0.15, -0.1) is 0 Å². The van der Waals surface area contributed by atoms with Crippen LogP contribution >= 0.6 is 11.8 Å². The highest BCUT2D eigenvalue weighted by molar-refractivity contribution is 7.99. The molecule has 0 aromatic heterocycles. The standard InChI is InChI=1S/C14H22N2O2S2/c1-9-7-10(2)14(11(3)13(9)15)20(17,18)16-12-5-4-6-19-8-12/h7,12,16H,4-6,8,15H2,1-3H3. The predicted molar refractivity (Wildman–Crippen MR) is 85.7 cm³/mol. The fourth-order valence-corrected chi connectivity index (χ4v) is 5.64. The molecule has 0 radical (unpaired) electrons. The van der Waals surface area contributed by atoms with E-state index in [9.17, 15) is 8.42 Å². The lowest BCUT2D eigenvalue weighted by atomic mass is 10.1. The van der Waals surface area contributed by atoms with Gasteiger partial charge in [-0.2, -0.15) is 11.8 Å². The summed E-state index contributed by atoms with van der Waals surface area (Å²) in [5, 5.41) is 0. The van der Waals surface area contributed by atoms with Gasteiger partial charge in [0.2, 0.25) is 10.0 Å². The van der Waals surface area contributed by atoms with Crippen molar-refractivity contribution in [3.05, 3.63) is 22.8 Å². The first-order valence-corrected chi connectivity index (χ1v) is 9.43. The van der Waals surface area contributed by atoms with E-state index < -0.39 is 10.0 Å². The van der Waals surface area contributed by atoms with Crippen LogP contribution in [0.25, 0.3) is 0 Å². The van der Waals surface area contributed by atoms with Gasteiger partial charge in [0.25, 0.3) is 0 Å². The van der Waals surface area contributed by atoms with Gasteiger partial charge in [0.15, 0.2) is 0 Å². The Labute approximate surface area is 125 Å². The number of nitrogens with two attached hydrogens (primary N) is 1. The van der Waals surface area contributed by atoms with Crippen molar-refractivity contribution < 1.29 is 8.42 Å². The molecular formula is C14H22N2O2S2. The second kappa shape index (κ2) is 5.95. The van der Waals surface area contributed by atoms with E-state index in [0.29, 0.717) is 16.1 Å². The number of sulfonamides is 1. The van der Waals surface area contributed by atoms with Gasteiger partial charge < -0.3 is 5.73 Å². The van der Waals surface area contributed by atoms with Crippen molar-refractivity contribution in [1.29, 1.82) is 0 Å². The predicted octanol–water partition coefficient (Wildman–Crippen LogP) is 2.37. The van der Waals surface area contributed by atoms with Crippen LogP contribution in [0.3, 0.4) is 0 Å². The highest BCUT2D eigenvalue weighted by atomic mass is 32.2. The molecule has 1 aromatic carbocycles. The van der Waals surface area contributed by atoms with Crippen LogP contribution in [0.5, 0.6) is 0 Å². The number of rotatable bonds is 3. The molecule has 1 saturated heterocycles. The number of nitrogen functional groups attached to an aromatic ring is 1. The number of thioether (sulfide) groups is 1. The van der Waals surface area contributed by atoms with E-state index in [1.54, 1.807) is 18.7 Å². The molecule has 1 fully saturated rings. The Morgan fingerprint density at radius 2 is 2.00 bits per heavy atom. The molecule has 20 heavy (non-hydrogen) atoms. The highest BCUT2D eigenvalue weighted by Gasteiger charge is 2.26. The Kier molecular flexibility index (Phi) is 4.66. The van der Waals surface area contributed by atoms with Crippen molar-refractivity contribution in [2.45, 2.75) is 44.6 Å². The molecule has 1 atom stereocenters. The summed E-state index contributed by atoms with van der Waals surface area (Å²) in [5.41, 5.74) is 8.88. The van der Waals surface area contributed by atoms with Crippen molar-refractivity contribution in [2.24, 2.45) is 0 Å². The number of hydrogen-bond acceptors (Lipinski definition) is 4. The molecule has 112 valence electrons. The molecule has 6 heteroatoms. The molecule has 0 saturated carbocycles. The number of anilines is 1. The summed E-state index contributed by atoms with van der Waals surface area (Å²) < 4.78 is 28.1. The maximum atomic E-state index is 12.6. The smallest absolute Gasteiger partial charge is 0.241 e. The van der Waals surface area contributed by atoms with E-state index in [-0.39, 0.29) is 6.04 Å². The molecule has 1 aromatic rings. The minimum absolute atomic E-state index is 0.0278. The molecule has 0 amide bonds. The molecule has 0 bridgehead atoms. The fourth-order valence-electron chi connectivity index (χ4n) is 2.71. The third-order valence-corrected chi connectivity index (χ3v) is 6.74. The first-order chi connectivity index (χ1) is 9.33. The van der Waals surface area contributed by atoms with E-state index in [2.05, 4.69) is 4.72 Å². The largest absolute Gasteiger partial charge is 0.398 e. The Bertz CT molecular complexity index is 606. The Morgan fingerprint density at radius 3 is 2.60 bits per heavy atom. The highest BCUT2D eigenvalue weighted by Crippen LogP contribution is 2.29. The molecule has 1 aliphatic rings. The van der Waals surface area contributed by atoms with Crippen LogP contribution in [0, 0.1) is 20.8 Å². The number of nitrogens with one attached hydrogen (secondary N) is 1. The molecule has 1 unspecified atom stereocenters. The molecule has 4 nitrogen and oxygen atoms in total. The van der Waals surface area contributed by atoms with Gasteiger partial charge in [0.05, 0.1) is 4.90 Å². The number of aryl methyl sites for hydroxylation is 2. The van der Waals surface area contributed by atoms with Crippen molar-refractivity contribution in [3.63, 3.8) is 0 Å². The van der Waals surface area contributed by atoms with E-state index >= 15 is 0 Å². The monoisotopic (exact) mass is 314 g/mol. The van der Waals surface area contributed by atoms with E-state index in [0.717, 1.165) is 35.5 Å². The van der Waals surface area contributed by atoms with Gasteiger partial charge in [0.1, 0.15) is 0 Å². The number of hydrogen-bond donors (Lipinski definition) is 2. The SMILES string of the molecule is Cc1cc(C)c(S(=O)(=O)NC2CCCSC2)c(C)c1N. The van der Waals surface area contributed by atoms with Crippen molar-refractivity contribution in [2.75, 3.05) is 17.2 Å². The normalized spacial score (nSPS) is 20.1. The zero-order chi connectivity index (χ0) is 14.9. The van der Waals surface area contributed by atoms with Gasteiger partial charge in [0, 0.05) is 17.5 Å². The summed E-state index contributed by atoms with van der Waals surface area (Å²) in [6.45, 7) is 5.50. The average molecular weight is 314 g/mol. The molecule has 0 spiro atoms. The molecule has 1 heterocycles. The lowest BCUT2D eigenvalue weighted by Gasteiger charge is -2.24. The van der Waals surface area contributed by atoms with Gasteiger partial charge in [-0.25, -0.2) is 13.1 Å². The Morgan fingerprint density at radius 1 is 1.30 bits per heavy atom. The van der Waals surface area contributed by atoms with E-state index in [1.807, 2.05) is 19.9 Å². The second-order valence-corrected chi connectivity index (χ2v) is 8.21. The van der Waals surface area contributed by atoms with Gasteiger partial charge >= 0.3 is 0 Å². The van der Waals surface area contributed by atoms with Crippen LogP contribution in [0.2, 0.25) is 0 Å². The van der Waals surface area contributed by atoms with Crippen LogP contribution < -0.4 is 10.5 Å². The third-order valence-electron chi connectivity index (χ3n) is 3.71. The van der Waals surface area contributed by atoms with Crippen LogP contribution in [0.1, 0.15) is 29.5 Å². The van der Waals surface area contributed by atoms with E-state index in [4.69, 9.17) is 5.73 Å². The number of benzene rings is 1. The molecule has 1 aliphatic heterocycles. The van der Waals surface area contributed by atoms with Crippen LogP contribution in [0.4, 0.5) is 5.69 Å². The van der Waals surface area contributed by atoms with E-state index in [1.165, 1.54) is 0 Å². The molecular weight excluding hydrogens is 292 g/mol. The van der Waals surface area contributed by atoms with Gasteiger partial charge in [-0.1, -0.05) is 6.07 Å². The van der Waals surface area contributed by atoms with Crippen LogP contribution in [0.15, 0.2) is 11.0 Å². The van der Waals surface area contributed by atoms with Gasteiger partial charge in [-0.05, 0) is 56.1 Å². The lowest BCUT2D eigenvalue weighted by Crippen LogP contribution is -2.38. The summed E-state index contributed by atoms with van der Waals surface area (Å²) in [6, 6.07) is 1.87. The zero-order valence-electron chi connectivity index (χ0n) is 12.2. The maximum Gasteiger partial charge on any atom is 0.241 e. The van der Waals surface area contributed by atoms with Crippen molar-refractivity contribution in [3.8, 4) is 0 Å². The first kappa shape index (κ1) is 15.7. The minimum Gasteiger partial charge on any atom is -0.398 e. The quantitative estimate of drug-likeness (QED) is 0.840. The Hall–Kier alpha value is -0.720. The topological polar surface area (TPSA) is 72.2 Å². The van der Waals surface area contributed by atoms with Gasteiger partial charge in [-0.3, -0.25) is 0 Å². The van der Waals surface area contributed by atoms with Crippen molar-refractivity contribution >= 4 is 27.5 Å². The summed E-state index contributed by atoms with van der Waals surface area (Å²) in [6.07, 6.45) is 1.97. The summed E-state index contributed by atoms with van der Waals surface area (Å²) in [4.78, 5) is 0.344. The molecule has 0 aliphatic carbocycles. The molecule has 3 N–H and O–H groups in total. The first-order valence-electron chi connectivity index (χ1n) is 6.79. The van der Waals surface area contributed by atoms with Crippen molar-refractivity contribution in [1.82, 2.24) is 4.72 Å². The minimum atomic E-state index is -3.50. The maximum absolute atomic E-state index is 12.6. The molecule has 2 rings (SSSR count). The summed E-state index contributed by atoms with van der Waals surface area (Å²) in [5.74, 6) is 1.96. The lowest BCUT2D eigenvalue weighted by molar-refractivity contribution is 0.542. The summed E-state index contributed by atoms with van der Waals surface area (Å²) >= 11 is 1.80. The average Bonchev–Trinajstić information content (AvgIpc) is 2.36. The zero-order valence-corrected chi connectivity index (χ0v) is 13.8.